The molecule has 28 heavy (non-hydrogen) atoms. The first-order chi connectivity index (χ1) is 13.1. The zero-order chi connectivity index (χ0) is 18.8. The van der Waals surface area contributed by atoms with E-state index in [1.54, 1.807) is 17.0 Å². The van der Waals surface area contributed by atoms with Gasteiger partial charge in [0.15, 0.2) is 0 Å². The predicted octanol–water partition coefficient (Wildman–Crippen LogP) is 2.51. The Bertz CT molecular complexity index is 886. The van der Waals surface area contributed by atoms with Crippen molar-refractivity contribution >= 4 is 29.2 Å². The molecule has 1 saturated carbocycles. The fraction of sp³-hybridized carbons (Fsp3) is 0.571. The maximum Gasteiger partial charge on any atom is 0.261 e. The normalized spacial score (nSPS) is 17.5. The molecular formula is C21H29ClN4O2. The molecule has 2 aromatic rings. The van der Waals surface area contributed by atoms with Gasteiger partial charge in [-0.1, -0.05) is 12.1 Å². The van der Waals surface area contributed by atoms with Gasteiger partial charge in [-0.3, -0.25) is 14.2 Å². The van der Waals surface area contributed by atoms with Gasteiger partial charge >= 0.3 is 0 Å². The van der Waals surface area contributed by atoms with Gasteiger partial charge in [-0.05, 0) is 56.7 Å². The van der Waals surface area contributed by atoms with Gasteiger partial charge in [0.2, 0.25) is 5.91 Å². The Labute approximate surface area is 171 Å². The fourth-order valence-electron chi connectivity index (χ4n) is 3.86. The van der Waals surface area contributed by atoms with Gasteiger partial charge in [-0.15, -0.1) is 12.4 Å². The lowest BCUT2D eigenvalue weighted by Crippen LogP contribution is -2.45. The van der Waals surface area contributed by atoms with Gasteiger partial charge in [-0.25, -0.2) is 4.98 Å². The van der Waals surface area contributed by atoms with Crippen LogP contribution < -0.4 is 10.9 Å². The monoisotopic (exact) mass is 404 g/mol. The molecule has 1 N–H and O–H groups in total. The third-order valence-electron chi connectivity index (χ3n) is 5.86. The van der Waals surface area contributed by atoms with E-state index in [4.69, 9.17) is 0 Å². The number of carbonyl (C=O) groups excluding carboxylic acids is 1. The average Bonchev–Trinajstić information content (AvgIpc) is 3.51. The van der Waals surface area contributed by atoms with Crippen LogP contribution in [0.3, 0.4) is 0 Å². The molecule has 0 bridgehead atoms. The number of hydrogen-bond acceptors (Lipinski definition) is 4. The number of likely N-dealkylation sites (tertiary alicyclic amines) is 1. The largest absolute Gasteiger partial charge is 0.343 e. The molecule has 2 heterocycles. The molecule has 0 unspecified atom stereocenters. The molecule has 6 nitrogen and oxygen atoms in total. The summed E-state index contributed by atoms with van der Waals surface area (Å²) < 4.78 is 1.56. The molecule has 1 saturated heterocycles. The van der Waals surface area contributed by atoms with Crippen molar-refractivity contribution in [3.63, 3.8) is 0 Å². The first-order valence-corrected chi connectivity index (χ1v) is 10.1. The second-order valence-corrected chi connectivity index (χ2v) is 7.97. The third kappa shape index (κ3) is 4.73. The third-order valence-corrected chi connectivity index (χ3v) is 5.86. The van der Waals surface area contributed by atoms with Crippen molar-refractivity contribution in [1.29, 1.82) is 0 Å². The lowest BCUT2D eigenvalue weighted by molar-refractivity contribution is -0.132. The summed E-state index contributed by atoms with van der Waals surface area (Å²) in [7, 11) is 0. The second-order valence-electron chi connectivity index (χ2n) is 7.97. The van der Waals surface area contributed by atoms with Crippen LogP contribution in [0.2, 0.25) is 0 Å². The lowest BCUT2D eigenvalue weighted by Gasteiger charge is -2.32. The zero-order valence-electron chi connectivity index (χ0n) is 16.4. The lowest BCUT2D eigenvalue weighted by atomic mass is 10.0. The van der Waals surface area contributed by atoms with Crippen molar-refractivity contribution in [3.8, 4) is 0 Å². The highest BCUT2D eigenvalue weighted by Crippen LogP contribution is 2.28. The summed E-state index contributed by atoms with van der Waals surface area (Å²) >= 11 is 0. The van der Waals surface area contributed by atoms with Crippen LogP contribution in [0.4, 0.5) is 0 Å². The number of fused-ring (bicyclic) bond motifs is 1. The molecule has 1 aliphatic heterocycles. The van der Waals surface area contributed by atoms with E-state index < -0.39 is 0 Å². The van der Waals surface area contributed by atoms with Crippen molar-refractivity contribution < 1.29 is 4.79 Å². The van der Waals surface area contributed by atoms with E-state index in [1.807, 2.05) is 24.0 Å². The van der Waals surface area contributed by atoms with E-state index >= 15 is 0 Å². The van der Waals surface area contributed by atoms with Gasteiger partial charge in [0, 0.05) is 32.1 Å². The molecule has 152 valence electrons. The Morgan fingerprint density at radius 3 is 2.68 bits per heavy atom. The number of nitrogens with one attached hydrogen (secondary N) is 1. The number of piperidine rings is 1. The van der Waals surface area contributed by atoms with Gasteiger partial charge in [0.25, 0.3) is 5.56 Å². The zero-order valence-corrected chi connectivity index (χ0v) is 17.2. The summed E-state index contributed by atoms with van der Waals surface area (Å²) in [5.74, 6) is 1.02. The van der Waals surface area contributed by atoms with E-state index in [-0.39, 0.29) is 23.9 Å². The minimum atomic E-state index is -0.0699. The van der Waals surface area contributed by atoms with E-state index in [9.17, 15) is 9.59 Å². The van der Waals surface area contributed by atoms with Gasteiger partial charge in [0.05, 0.1) is 17.2 Å². The van der Waals surface area contributed by atoms with Crippen molar-refractivity contribution in [1.82, 2.24) is 19.8 Å². The summed E-state index contributed by atoms with van der Waals surface area (Å²) in [4.78, 5) is 31.5. The standard InChI is InChI=1S/C21H28N4O2.ClH/c1-15-3-2-4-18-20(15)23-14-25(21(18)27)12-9-19(26)24-10-7-17(8-11-24)22-13-16-5-6-16;/h2-4,14,16-17,22H,5-13H2,1H3;1H. The molecule has 1 amide bonds. The molecule has 2 fully saturated rings. The molecular weight excluding hydrogens is 376 g/mol. The molecule has 0 spiro atoms. The number of aryl methyl sites for hydroxylation is 2. The Balaban J connectivity index is 0.00000225. The topological polar surface area (TPSA) is 67.2 Å². The number of benzene rings is 1. The molecule has 1 aliphatic carbocycles. The van der Waals surface area contributed by atoms with Gasteiger partial charge < -0.3 is 10.2 Å². The Kier molecular flexibility index (Phi) is 6.73. The average molecular weight is 405 g/mol. The summed E-state index contributed by atoms with van der Waals surface area (Å²) in [6, 6.07) is 6.17. The first kappa shape index (κ1) is 20.8. The van der Waals surface area contributed by atoms with Crippen LogP contribution in [0.5, 0.6) is 0 Å². The van der Waals surface area contributed by atoms with E-state index in [0.717, 1.165) is 49.5 Å². The Hall–Kier alpha value is -1.92. The Morgan fingerprint density at radius 2 is 1.96 bits per heavy atom. The van der Waals surface area contributed by atoms with Gasteiger partial charge in [-0.2, -0.15) is 0 Å². The van der Waals surface area contributed by atoms with Crippen LogP contribution in [0.15, 0.2) is 29.3 Å². The SMILES string of the molecule is Cc1cccc2c(=O)n(CCC(=O)N3CCC(NCC4CC4)CC3)cnc12.Cl. The van der Waals surface area contributed by atoms with E-state index in [1.165, 1.54) is 12.8 Å². The molecule has 0 atom stereocenters. The number of rotatable bonds is 6. The molecule has 4 rings (SSSR count). The second kappa shape index (κ2) is 9.05. The summed E-state index contributed by atoms with van der Waals surface area (Å²) in [6.45, 7) is 5.09. The van der Waals surface area contributed by atoms with E-state index in [2.05, 4.69) is 10.3 Å². The minimum Gasteiger partial charge on any atom is -0.343 e. The molecule has 1 aromatic heterocycles. The van der Waals surface area contributed by atoms with Crippen molar-refractivity contribution in [2.75, 3.05) is 19.6 Å². The van der Waals surface area contributed by atoms with Crippen LogP contribution >= 0.6 is 12.4 Å². The number of para-hydroxylation sites is 1. The molecule has 2 aliphatic rings. The summed E-state index contributed by atoms with van der Waals surface area (Å²) in [5, 5.41) is 4.26. The van der Waals surface area contributed by atoms with Crippen LogP contribution in [-0.4, -0.2) is 46.0 Å². The Morgan fingerprint density at radius 1 is 1.21 bits per heavy atom. The number of nitrogens with zero attached hydrogens (tertiary/aromatic N) is 3. The highest BCUT2D eigenvalue weighted by Gasteiger charge is 2.25. The number of aromatic nitrogens is 2. The highest BCUT2D eigenvalue weighted by molar-refractivity contribution is 5.85. The van der Waals surface area contributed by atoms with Crippen LogP contribution in [0.1, 0.15) is 37.7 Å². The quantitative estimate of drug-likeness (QED) is 0.803. The van der Waals surface area contributed by atoms with Crippen molar-refractivity contribution in [2.24, 2.45) is 5.92 Å². The van der Waals surface area contributed by atoms with Crippen LogP contribution in [0, 0.1) is 12.8 Å². The number of amides is 1. The fourth-order valence-corrected chi connectivity index (χ4v) is 3.86. The highest BCUT2D eigenvalue weighted by atomic mass is 35.5. The summed E-state index contributed by atoms with van der Waals surface area (Å²) in [6.07, 6.45) is 6.70. The number of hydrogen-bond donors (Lipinski definition) is 1. The van der Waals surface area contributed by atoms with Gasteiger partial charge in [0.1, 0.15) is 0 Å². The maximum absolute atomic E-state index is 12.6. The maximum atomic E-state index is 12.6. The smallest absolute Gasteiger partial charge is 0.261 e. The first-order valence-electron chi connectivity index (χ1n) is 10.1. The van der Waals surface area contributed by atoms with Crippen molar-refractivity contribution in [3.05, 3.63) is 40.4 Å². The predicted molar refractivity (Wildman–Crippen MR) is 113 cm³/mol. The minimum absolute atomic E-state index is 0. The van der Waals surface area contributed by atoms with Crippen LogP contribution in [-0.2, 0) is 11.3 Å². The summed E-state index contributed by atoms with van der Waals surface area (Å²) in [5.41, 5.74) is 1.66. The molecule has 0 radical (unpaired) electrons. The van der Waals surface area contributed by atoms with Crippen molar-refractivity contribution in [2.45, 2.75) is 51.6 Å². The number of carbonyl (C=O) groups is 1. The molecule has 1 aromatic carbocycles. The van der Waals surface area contributed by atoms with Crippen LogP contribution in [0.25, 0.3) is 10.9 Å². The number of halogens is 1. The van der Waals surface area contributed by atoms with E-state index in [0.29, 0.717) is 24.4 Å². The molecule has 7 heteroatoms.